The van der Waals surface area contributed by atoms with E-state index in [0.29, 0.717) is 5.69 Å². The fourth-order valence-corrected chi connectivity index (χ4v) is 2.39. The van der Waals surface area contributed by atoms with Crippen LogP contribution in [0.15, 0.2) is 42.5 Å². The Morgan fingerprint density at radius 3 is 2.23 bits per heavy atom. The molecule has 114 valence electrons. The summed E-state index contributed by atoms with van der Waals surface area (Å²) < 4.78 is 25.4. The number of pyridine rings is 1. The van der Waals surface area contributed by atoms with Crippen LogP contribution in [0, 0.1) is 5.95 Å². The third-order valence-corrected chi connectivity index (χ3v) is 4.42. The van der Waals surface area contributed by atoms with Crippen molar-refractivity contribution < 1.29 is 13.7 Å². The van der Waals surface area contributed by atoms with E-state index in [1.54, 1.807) is 12.1 Å². The zero-order chi connectivity index (χ0) is 16.0. The number of rotatable bonds is 2. The third kappa shape index (κ3) is 2.66. The molecule has 5 heteroatoms. The number of halogens is 1. The Labute approximate surface area is 130 Å². The molecule has 0 bridgehead atoms. The molecule has 0 spiro atoms. The maximum absolute atomic E-state index is 13.3. The largest absolute Gasteiger partial charge is 0.494 e. The zero-order valence-corrected chi connectivity index (χ0v) is 13.3. The van der Waals surface area contributed by atoms with E-state index in [1.165, 1.54) is 6.07 Å². The summed E-state index contributed by atoms with van der Waals surface area (Å²) in [7, 11) is -0.432. The molecule has 1 aliphatic rings. The van der Waals surface area contributed by atoms with Crippen LogP contribution in [0.25, 0.3) is 11.3 Å². The number of benzene rings is 1. The first-order chi connectivity index (χ1) is 10.3. The van der Waals surface area contributed by atoms with Crippen molar-refractivity contribution in [2.75, 3.05) is 0 Å². The predicted octanol–water partition coefficient (Wildman–Crippen LogP) is 3.19. The average molecular weight is 299 g/mol. The summed E-state index contributed by atoms with van der Waals surface area (Å²) >= 11 is 0. The van der Waals surface area contributed by atoms with Gasteiger partial charge in [-0.25, -0.2) is 4.98 Å². The summed E-state index contributed by atoms with van der Waals surface area (Å²) in [5, 5.41) is 0. The maximum atomic E-state index is 13.3. The van der Waals surface area contributed by atoms with Gasteiger partial charge in [-0.05, 0) is 50.9 Å². The van der Waals surface area contributed by atoms with Crippen LogP contribution in [0.1, 0.15) is 27.7 Å². The second kappa shape index (κ2) is 5.18. The Morgan fingerprint density at radius 1 is 0.955 bits per heavy atom. The zero-order valence-electron chi connectivity index (χ0n) is 13.3. The van der Waals surface area contributed by atoms with E-state index in [4.69, 9.17) is 9.31 Å². The molecule has 2 aromatic rings. The molecule has 1 aromatic carbocycles. The highest BCUT2D eigenvalue weighted by Crippen LogP contribution is 2.36. The summed E-state index contributed by atoms with van der Waals surface area (Å²) in [6.07, 6.45) is 0. The molecular weight excluding hydrogens is 280 g/mol. The van der Waals surface area contributed by atoms with E-state index in [0.717, 1.165) is 11.0 Å². The molecule has 3 nitrogen and oxygen atoms in total. The molecule has 1 saturated heterocycles. The number of nitrogens with zero attached hydrogens (tertiary/aromatic N) is 1. The fourth-order valence-electron chi connectivity index (χ4n) is 2.39. The van der Waals surface area contributed by atoms with Crippen LogP contribution in [0.2, 0.25) is 0 Å². The van der Waals surface area contributed by atoms with E-state index in [1.807, 2.05) is 52.0 Å². The van der Waals surface area contributed by atoms with E-state index < -0.39 is 13.1 Å². The molecule has 22 heavy (non-hydrogen) atoms. The number of hydrogen-bond donors (Lipinski definition) is 0. The Hall–Kier alpha value is -1.72. The molecule has 0 unspecified atom stereocenters. The van der Waals surface area contributed by atoms with Gasteiger partial charge in [0.1, 0.15) is 0 Å². The Morgan fingerprint density at radius 2 is 1.59 bits per heavy atom. The van der Waals surface area contributed by atoms with Crippen molar-refractivity contribution in [3.8, 4) is 11.3 Å². The summed E-state index contributed by atoms with van der Waals surface area (Å²) in [6, 6.07) is 12.5. The van der Waals surface area contributed by atoms with Crippen LogP contribution in [0.5, 0.6) is 0 Å². The molecule has 1 aliphatic heterocycles. The maximum Gasteiger partial charge on any atom is 0.494 e. The lowest BCUT2D eigenvalue weighted by molar-refractivity contribution is 0.00578. The van der Waals surface area contributed by atoms with Crippen molar-refractivity contribution in [1.29, 1.82) is 0 Å². The van der Waals surface area contributed by atoms with Crippen molar-refractivity contribution in [2.45, 2.75) is 38.9 Å². The molecule has 0 saturated carbocycles. The minimum atomic E-state index is -0.487. The highest BCUT2D eigenvalue weighted by atomic mass is 19.1. The predicted molar refractivity (Wildman–Crippen MR) is 85.3 cm³/mol. The van der Waals surface area contributed by atoms with Gasteiger partial charge in [0, 0.05) is 0 Å². The lowest BCUT2D eigenvalue weighted by Crippen LogP contribution is -2.41. The standard InChI is InChI=1S/C17H19BFNO2/c1-16(2)17(3,4)22-18(21-16)13-8-5-7-12(11-13)14-9-6-10-15(19)20-14/h5-11H,1-4H3. The molecule has 0 atom stereocenters. The van der Waals surface area contributed by atoms with Gasteiger partial charge in [0.15, 0.2) is 0 Å². The van der Waals surface area contributed by atoms with Crippen LogP contribution in [0.3, 0.4) is 0 Å². The highest BCUT2D eigenvalue weighted by Gasteiger charge is 2.51. The fraction of sp³-hybridized carbons (Fsp3) is 0.353. The van der Waals surface area contributed by atoms with E-state index in [-0.39, 0.29) is 11.2 Å². The third-order valence-electron chi connectivity index (χ3n) is 4.42. The van der Waals surface area contributed by atoms with Crippen LogP contribution in [-0.4, -0.2) is 23.3 Å². The topological polar surface area (TPSA) is 31.4 Å². The minimum Gasteiger partial charge on any atom is -0.399 e. The van der Waals surface area contributed by atoms with E-state index >= 15 is 0 Å². The molecule has 1 aromatic heterocycles. The Kier molecular flexibility index (Phi) is 3.58. The first-order valence-corrected chi connectivity index (χ1v) is 7.37. The van der Waals surface area contributed by atoms with Gasteiger partial charge in [-0.15, -0.1) is 0 Å². The van der Waals surface area contributed by atoms with Crippen molar-refractivity contribution in [3.63, 3.8) is 0 Å². The van der Waals surface area contributed by atoms with Crippen LogP contribution in [-0.2, 0) is 9.31 Å². The van der Waals surface area contributed by atoms with Gasteiger partial charge < -0.3 is 9.31 Å². The normalized spacial score (nSPS) is 19.4. The van der Waals surface area contributed by atoms with Gasteiger partial charge in [0.25, 0.3) is 0 Å². The monoisotopic (exact) mass is 299 g/mol. The summed E-state index contributed by atoms with van der Waals surface area (Å²) in [6.45, 7) is 8.08. The van der Waals surface area contributed by atoms with Crippen molar-refractivity contribution in [3.05, 3.63) is 48.4 Å². The lowest BCUT2D eigenvalue weighted by atomic mass is 9.78. The van der Waals surface area contributed by atoms with Gasteiger partial charge in [0.05, 0.1) is 16.9 Å². The Bertz CT molecular complexity index is 687. The van der Waals surface area contributed by atoms with Crippen molar-refractivity contribution in [1.82, 2.24) is 4.98 Å². The molecule has 0 radical (unpaired) electrons. The first kappa shape index (κ1) is 15.2. The highest BCUT2D eigenvalue weighted by molar-refractivity contribution is 6.62. The van der Waals surface area contributed by atoms with Crippen LogP contribution < -0.4 is 5.46 Å². The van der Waals surface area contributed by atoms with Crippen LogP contribution in [0.4, 0.5) is 4.39 Å². The second-order valence-electron chi connectivity index (χ2n) is 6.56. The van der Waals surface area contributed by atoms with Gasteiger partial charge in [-0.2, -0.15) is 4.39 Å². The van der Waals surface area contributed by atoms with Crippen LogP contribution >= 0.6 is 0 Å². The summed E-state index contributed by atoms with van der Waals surface area (Å²) in [4.78, 5) is 3.92. The SMILES string of the molecule is CC1(C)OB(c2cccc(-c3cccc(F)n3)c2)OC1(C)C. The lowest BCUT2D eigenvalue weighted by Gasteiger charge is -2.32. The molecule has 1 fully saturated rings. The Balaban J connectivity index is 1.93. The van der Waals surface area contributed by atoms with Crippen molar-refractivity contribution >= 4 is 12.6 Å². The molecular formula is C17H19BFNO2. The van der Waals surface area contributed by atoms with Gasteiger partial charge >= 0.3 is 7.12 Å². The van der Waals surface area contributed by atoms with Gasteiger partial charge in [0.2, 0.25) is 5.95 Å². The molecule has 2 heterocycles. The molecule has 3 rings (SSSR count). The molecule has 0 aliphatic carbocycles. The molecule has 0 N–H and O–H groups in total. The minimum absolute atomic E-state index is 0.384. The quantitative estimate of drug-likeness (QED) is 0.630. The van der Waals surface area contributed by atoms with Crippen molar-refractivity contribution in [2.24, 2.45) is 0 Å². The second-order valence-corrected chi connectivity index (χ2v) is 6.56. The van der Waals surface area contributed by atoms with Gasteiger partial charge in [-0.1, -0.05) is 30.3 Å². The van der Waals surface area contributed by atoms with Gasteiger partial charge in [-0.3, -0.25) is 0 Å². The summed E-state index contributed by atoms with van der Waals surface area (Å²) in [5.74, 6) is -0.487. The first-order valence-electron chi connectivity index (χ1n) is 7.37. The molecule has 0 amide bonds. The smallest absolute Gasteiger partial charge is 0.399 e. The summed E-state index contributed by atoms with van der Waals surface area (Å²) in [5.41, 5.74) is 1.57. The number of aromatic nitrogens is 1. The average Bonchev–Trinajstić information content (AvgIpc) is 2.68. The number of hydrogen-bond acceptors (Lipinski definition) is 3. The van der Waals surface area contributed by atoms with E-state index in [2.05, 4.69) is 4.98 Å². The van der Waals surface area contributed by atoms with E-state index in [9.17, 15) is 4.39 Å².